The predicted octanol–water partition coefficient (Wildman–Crippen LogP) is 1.48. The van der Waals surface area contributed by atoms with Gasteiger partial charge in [0.05, 0.1) is 10.5 Å². The first-order valence-electron chi connectivity index (χ1n) is 3.78. The quantitative estimate of drug-likeness (QED) is 0.643. The lowest BCUT2D eigenvalue weighted by molar-refractivity contribution is -0.386. The summed E-state index contributed by atoms with van der Waals surface area (Å²) in [4.78, 5) is 20.3. The molecule has 6 nitrogen and oxygen atoms in total. The molecule has 1 atom stereocenters. The highest BCUT2D eigenvalue weighted by atomic mass is 79.9. The number of nitrogens with zero attached hydrogens (tertiary/aromatic N) is 1. The van der Waals surface area contributed by atoms with Gasteiger partial charge in [0, 0.05) is 10.5 Å². The van der Waals surface area contributed by atoms with Crippen molar-refractivity contribution in [2.45, 2.75) is 6.10 Å². The van der Waals surface area contributed by atoms with Crippen LogP contribution >= 0.6 is 15.9 Å². The maximum absolute atomic E-state index is 10.5. The molecule has 0 saturated carbocycles. The number of benzene rings is 1. The molecule has 80 valence electrons. The van der Waals surface area contributed by atoms with Crippen molar-refractivity contribution in [1.82, 2.24) is 0 Å². The lowest BCUT2D eigenvalue weighted by Crippen LogP contribution is -2.12. The van der Waals surface area contributed by atoms with Crippen molar-refractivity contribution in [3.63, 3.8) is 0 Å². The molecule has 2 N–H and O–H groups in total. The van der Waals surface area contributed by atoms with E-state index in [4.69, 9.17) is 5.11 Å². The van der Waals surface area contributed by atoms with Gasteiger partial charge in [-0.3, -0.25) is 10.1 Å². The highest BCUT2D eigenvalue weighted by Crippen LogP contribution is 2.28. The Kier molecular flexibility index (Phi) is 3.38. The Bertz CT molecular complexity index is 419. The number of hydrogen-bond acceptors (Lipinski definition) is 4. The first-order valence-corrected chi connectivity index (χ1v) is 4.57. The van der Waals surface area contributed by atoms with Gasteiger partial charge < -0.3 is 10.2 Å². The molecule has 0 saturated heterocycles. The first-order chi connectivity index (χ1) is 6.93. The number of aliphatic hydroxyl groups is 1. The molecule has 0 aromatic heterocycles. The van der Waals surface area contributed by atoms with Crippen LogP contribution in [0.2, 0.25) is 0 Å². The number of nitro groups is 1. The van der Waals surface area contributed by atoms with E-state index in [0.29, 0.717) is 4.47 Å². The van der Waals surface area contributed by atoms with Gasteiger partial charge in [-0.1, -0.05) is 15.9 Å². The summed E-state index contributed by atoms with van der Waals surface area (Å²) in [5, 5.41) is 28.3. The second-order valence-electron chi connectivity index (χ2n) is 2.70. The molecule has 1 unspecified atom stereocenters. The second kappa shape index (κ2) is 4.37. The van der Waals surface area contributed by atoms with Crippen LogP contribution in [0.15, 0.2) is 22.7 Å². The van der Waals surface area contributed by atoms with Crippen molar-refractivity contribution in [2.75, 3.05) is 0 Å². The fraction of sp³-hybridized carbons (Fsp3) is 0.125. The Morgan fingerprint density at radius 2 is 2.13 bits per heavy atom. The third-order valence-electron chi connectivity index (χ3n) is 1.71. The second-order valence-corrected chi connectivity index (χ2v) is 3.62. The average molecular weight is 276 g/mol. The van der Waals surface area contributed by atoms with Gasteiger partial charge in [0.1, 0.15) is 0 Å². The molecule has 1 aromatic rings. The van der Waals surface area contributed by atoms with Gasteiger partial charge in [-0.2, -0.15) is 0 Å². The summed E-state index contributed by atoms with van der Waals surface area (Å²) in [5.74, 6) is -1.53. The fourth-order valence-electron chi connectivity index (χ4n) is 1.04. The molecule has 0 spiro atoms. The molecule has 7 heteroatoms. The maximum Gasteiger partial charge on any atom is 0.337 e. The van der Waals surface area contributed by atoms with Gasteiger partial charge in [0.25, 0.3) is 5.69 Å². The van der Waals surface area contributed by atoms with Crippen LogP contribution < -0.4 is 0 Å². The molecule has 0 radical (unpaired) electrons. The number of carbonyl (C=O) groups is 1. The van der Waals surface area contributed by atoms with Crippen molar-refractivity contribution in [3.8, 4) is 0 Å². The van der Waals surface area contributed by atoms with Gasteiger partial charge in [0.2, 0.25) is 0 Å². The molecule has 0 aliphatic heterocycles. The van der Waals surface area contributed by atoms with E-state index in [9.17, 15) is 20.0 Å². The minimum absolute atomic E-state index is 0.248. The minimum Gasteiger partial charge on any atom is -0.479 e. The zero-order valence-electron chi connectivity index (χ0n) is 7.25. The molecule has 0 aliphatic carbocycles. The van der Waals surface area contributed by atoms with Gasteiger partial charge >= 0.3 is 5.97 Å². The first kappa shape index (κ1) is 11.6. The summed E-state index contributed by atoms with van der Waals surface area (Å²) in [5.41, 5.74) is -0.671. The normalized spacial score (nSPS) is 12.1. The van der Waals surface area contributed by atoms with Crippen LogP contribution in [-0.4, -0.2) is 21.1 Å². The van der Waals surface area contributed by atoms with Crippen molar-refractivity contribution in [2.24, 2.45) is 0 Å². The molecular formula is C8H6BrNO5. The van der Waals surface area contributed by atoms with Crippen LogP contribution in [0.25, 0.3) is 0 Å². The molecule has 1 aromatic carbocycles. The number of rotatable bonds is 3. The highest BCUT2D eigenvalue weighted by molar-refractivity contribution is 9.10. The zero-order valence-corrected chi connectivity index (χ0v) is 8.84. The Labute approximate surface area is 92.4 Å². The third kappa shape index (κ3) is 2.51. The molecular weight excluding hydrogens is 270 g/mol. The highest BCUT2D eigenvalue weighted by Gasteiger charge is 2.25. The van der Waals surface area contributed by atoms with Gasteiger partial charge in [-0.15, -0.1) is 0 Å². The summed E-state index contributed by atoms with van der Waals surface area (Å²) in [7, 11) is 0. The standard InChI is InChI=1S/C8H6BrNO5/c9-4-1-2-6(10(14)15)5(3-4)7(11)8(12)13/h1-3,7,11H,(H,12,13). The van der Waals surface area contributed by atoms with Gasteiger partial charge in [-0.05, 0) is 12.1 Å². The van der Waals surface area contributed by atoms with Crippen LogP contribution in [0, 0.1) is 10.1 Å². The molecule has 0 bridgehead atoms. The van der Waals surface area contributed by atoms with Crippen molar-refractivity contribution in [1.29, 1.82) is 0 Å². The van der Waals surface area contributed by atoms with Crippen LogP contribution in [0.3, 0.4) is 0 Å². The molecule has 0 aliphatic rings. The predicted molar refractivity (Wildman–Crippen MR) is 53.4 cm³/mol. The smallest absolute Gasteiger partial charge is 0.337 e. The summed E-state index contributed by atoms with van der Waals surface area (Å²) in [6, 6.07) is 3.73. The Morgan fingerprint density at radius 3 is 2.60 bits per heavy atom. The lowest BCUT2D eigenvalue weighted by atomic mass is 10.1. The average Bonchev–Trinajstić information content (AvgIpc) is 2.15. The van der Waals surface area contributed by atoms with Gasteiger partial charge in [0.15, 0.2) is 6.10 Å². The number of carboxylic acids is 1. The van der Waals surface area contributed by atoms with E-state index in [1.807, 2.05) is 0 Å². The number of halogens is 1. The number of aliphatic carboxylic acids is 1. The summed E-state index contributed by atoms with van der Waals surface area (Å²) >= 11 is 3.04. The zero-order chi connectivity index (χ0) is 11.6. The summed E-state index contributed by atoms with van der Waals surface area (Å²) in [6.07, 6.45) is -1.90. The molecule has 0 fully saturated rings. The molecule has 0 amide bonds. The van der Waals surface area contributed by atoms with Crippen LogP contribution in [0.1, 0.15) is 11.7 Å². The number of carboxylic acid groups (broad SMARTS) is 1. The summed E-state index contributed by atoms with van der Waals surface area (Å²) < 4.78 is 0.461. The van der Waals surface area contributed by atoms with E-state index in [1.54, 1.807) is 0 Å². The van der Waals surface area contributed by atoms with Crippen LogP contribution in [-0.2, 0) is 4.79 Å². The lowest BCUT2D eigenvalue weighted by Gasteiger charge is -2.06. The van der Waals surface area contributed by atoms with Crippen molar-refractivity contribution in [3.05, 3.63) is 38.3 Å². The van der Waals surface area contributed by atoms with Crippen LogP contribution in [0.4, 0.5) is 5.69 Å². The third-order valence-corrected chi connectivity index (χ3v) is 2.21. The molecule has 1 rings (SSSR count). The van der Waals surface area contributed by atoms with E-state index in [1.165, 1.54) is 12.1 Å². The Hall–Kier alpha value is -1.47. The fourth-order valence-corrected chi connectivity index (χ4v) is 1.42. The van der Waals surface area contributed by atoms with Gasteiger partial charge in [-0.25, -0.2) is 4.79 Å². The largest absolute Gasteiger partial charge is 0.479 e. The number of nitro benzene ring substituents is 1. The molecule has 15 heavy (non-hydrogen) atoms. The van der Waals surface area contributed by atoms with E-state index < -0.39 is 22.7 Å². The Morgan fingerprint density at radius 1 is 1.53 bits per heavy atom. The van der Waals surface area contributed by atoms with Crippen molar-refractivity contribution >= 4 is 27.6 Å². The van der Waals surface area contributed by atoms with Crippen LogP contribution in [0.5, 0.6) is 0 Å². The van der Waals surface area contributed by atoms with E-state index in [-0.39, 0.29) is 5.56 Å². The SMILES string of the molecule is O=C(O)C(O)c1cc(Br)ccc1[N+](=O)[O-]. The Balaban J connectivity index is 3.30. The topological polar surface area (TPSA) is 101 Å². The van der Waals surface area contributed by atoms with E-state index in [2.05, 4.69) is 15.9 Å². The minimum atomic E-state index is -1.90. The maximum atomic E-state index is 10.5. The monoisotopic (exact) mass is 275 g/mol. The van der Waals surface area contributed by atoms with E-state index >= 15 is 0 Å². The summed E-state index contributed by atoms with van der Waals surface area (Å²) in [6.45, 7) is 0. The number of hydrogen-bond donors (Lipinski definition) is 2. The number of aliphatic hydroxyl groups excluding tert-OH is 1. The van der Waals surface area contributed by atoms with Crippen molar-refractivity contribution < 1.29 is 19.9 Å². The molecule has 0 heterocycles. The van der Waals surface area contributed by atoms with E-state index in [0.717, 1.165) is 6.07 Å².